The molecule has 55 valence electrons. The molecule has 2 heteroatoms. The van der Waals surface area contributed by atoms with E-state index in [1.807, 2.05) is 0 Å². The van der Waals surface area contributed by atoms with Crippen LogP contribution in [-0.4, -0.2) is 16.0 Å². The molecule has 1 rings (SSSR count). The summed E-state index contributed by atoms with van der Waals surface area (Å²) in [5.74, 6) is -1.47. The fourth-order valence-electron chi connectivity index (χ4n) is 0.843. The third-order valence-electron chi connectivity index (χ3n) is 1.51. The Bertz CT molecular complexity index is 152. The molecule has 0 heterocycles. The van der Waals surface area contributed by atoms with Crippen molar-refractivity contribution in [3.8, 4) is 0 Å². The molecule has 2 N–H and O–H groups in total. The molecule has 0 fully saturated rings. The van der Waals surface area contributed by atoms with Gasteiger partial charge in [-0.2, -0.15) is 0 Å². The molecule has 0 unspecified atom stereocenters. The molecule has 0 aromatic carbocycles. The van der Waals surface area contributed by atoms with E-state index in [4.69, 9.17) is 10.2 Å². The van der Waals surface area contributed by atoms with E-state index >= 15 is 0 Å². The highest BCUT2D eigenvalue weighted by molar-refractivity contribution is 5.17. The molecule has 0 amide bonds. The van der Waals surface area contributed by atoms with Crippen molar-refractivity contribution in [1.29, 1.82) is 0 Å². The Balaban J connectivity index is 2.62. The van der Waals surface area contributed by atoms with Gasteiger partial charge < -0.3 is 10.2 Å². The second-order valence-corrected chi connectivity index (χ2v) is 2.45. The summed E-state index contributed by atoms with van der Waals surface area (Å²) in [7, 11) is 0. The number of hydrogen-bond donors (Lipinski definition) is 2. The van der Waals surface area contributed by atoms with Crippen LogP contribution in [0.2, 0.25) is 0 Å². The summed E-state index contributed by atoms with van der Waals surface area (Å²) in [5.41, 5.74) is 0. The van der Waals surface area contributed by atoms with E-state index in [1.54, 1.807) is 12.2 Å². The number of allylic oxidation sites excluding steroid dienone is 2. The van der Waals surface area contributed by atoms with Crippen molar-refractivity contribution in [2.45, 2.75) is 12.2 Å². The van der Waals surface area contributed by atoms with E-state index < -0.39 is 5.79 Å². The molecule has 0 aromatic heterocycles. The normalized spacial score (nSPS) is 23.5. The van der Waals surface area contributed by atoms with Gasteiger partial charge in [0.2, 0.25) is 5.79 Å². The molecule has 0 spiro atoms. The molecular weight excluding hydrogens is 128 g/mol. The van der Waals surface area contributed by atoms with Crippen LogP contribution in [0.4, 0.5) is 0 Å². The van der Waals surface area contributed by atoms with Crippen molar-refractivity contribution in [3.05, 3.63) is 31.2 Å². The van der Waals surface area contributed by atoms with Gasteiger partial charge in [0.25, 0.3) is 0 Å². The highest BCUT2D eigenvalue weighted by Crippen LogP contribution is 2.17. The maximum Gasteiger partial charge on any atom is 0.202 e. The van der Waals surface area contributed by atoms with Gasteiger partial charge in [-0.05, 0) is 24.5 Å². The minimum atomic E-state index is -1.73. The zero-order chi connectivity index (χ0) is 7.61. The van der Waals surface area contributed by atoms with Crippen molar-refractivity contribution >= 4 is 0 Å². The molecule has 0 aromatic rings. The predicted octanol–water partition coefficient (Wildman–Crippen LogP) is 0.634. The third kappa shape index (κ3) is 1.69. The lowest BCUT2D eigenvalue weighted by Gasteiger charge is -2.18. The monoisotopic (exact) mass is 139 g/mol. The van der Waals surface area contributed by atoms with Crippen LogP contribution in [0.15, 0.2) is 24.3 Å². The average molecular weight is 139 g/mol. The first-order chi connectivity index (χ1) is 4.64. The largest absolute Gasteiger partial charge is 0.359 e. The second kappa shape index (κ2) is 2.56. The second-order valence-electron chi connectivity index (χ2n) is 2.45. The molecule has 1 radical (unpaired) electrons. The quantitative estimate of drug-likeness (QED) is 0.413. The van der Waals surface area contributed by atoms with Crippen molar-refractivity contribution in [3.63, 3.8) is 0 Å². The average Bonchev–Trinajstić information content (AvgIpc) is 1.88. The van der Waals surface area contributed by atoms with E-state index in [2.05, 4.69) is 6.92 Å². The molecule has 0 saturated heterocycles. The van der Waals surface area contributed by atoms with Gasteiger partial charge >= 0.3 is 0 Å². The van der Waals surface area contributed by atoms with Gasteiger partial charge in [0.1, 0.15) is 0 Å². The minimum absolute atomic E-state index is 0.257. The van der Waals surface area contributed by atoms with Crippen molar-refractivity contribution < 1.29 is 10.2 Å². The van der Waals surface area contributed by atoms with Crippen LogP contribution in [0.25, 0.3) is 0 Å². The fraction of sp³-hybridized carbons (Fsp3) is 0.375. The van der Waals surface area contributed by atoms with Crippen LogP contribution >= 0.6 is 0 Å². The van der Waals surface area contributed by atoms with Gasteiger partial charge in [0.05, 0.1) is 0 Å². The van der Waals surface area contributed by atoms with Gasteiger partial charge in [-0.15, -0.1) is 0 Å². The molecule has 1 aliphatic rings. The molecule has 0 saturated carbocycles. The zero-order valence-electron chi connectivity index (χ0n) is 5.70. The lowest BCUT2D eigenvalue weighted by Crippen LogP contribution is -2.24. The number of hydrogen-bond acceptors (Lipinski definition) is 2. The Kier molecular flexibility index (Phi) is 1.92. The summed E-state index contributed by atoms with van der Waals surface area (Å²) < 4.78 is 0. The topological polar surface area (TPSA) is 40.5 Å². The standard InChI is InChI=1S/C8H11O2/c1-2-7-3-5-8(9,10)6-4-7/h3-7,9-10H,1-2H2. The highest BCUT2D eigenvalue weighted by atomic mass is 16.5. The number of rotatable bonds is 1. The smallest absolute Gasteiger partial charge is 0.202 e. The predicted molar refractivity (Wildman–Crippen MR) is 38.9 cm³/mol. The molecule has 2 nitrogen and oxygen atoms in total. The van der Waals surface area contributed by atoms with Gasteiger partial charge in [-0.1, -0.05) is 19.1 Å². The Labute approximate surface area is 60.5 Å². The lowest BCUT2D eigenvalue weighted by atomic mass is 9.98. The van der Waals surface area contributed by atoms with Gasteiger partial charge in [-0.25, -0.2) is 0 Å². The number of aliphatic hydroxyl groups is 2. The van der Waals surface area contributed by atoms with Gasteiger partial charge in [-0.3, -0.25) is 0 Å². The maximum atomic E-state index is 8.95. The van der Waals surface area contributed by atoms with Crippen molar-refractivity contribution in [1.82, 2.24) is 0 Å². The first kappa shape index (κ1) is 7.51. The first-order valence-corrected chi connectivity index (χ1v) is 3.27. The van der Waals surface area contributed by atoms with Crippen LogP contribution < -0.4 is 0 Å². The van der Waals surface area contributed by atoms with Crippen LogP contribution in [0.3, 0.4) is 0 Å². The summed E-state index contributed by atoms with van der Waals surface area (Å²) in [6.07, 6.45) is 6.97. The summed E-state index contributed by atoms with van der Waals surface area (Å²) in [6.45, 7) is 3.69. The van der Waals surface area contributed by atoms with Crippen LogP contribution in [-0.2, 0) is 0 Å². The molecule has 0 atom stereocenters. The minimum Gasteiger partial charge on any atom is -0.359 e. The van der Waals surface area contributed by atoms with Crippen molar-refractivity contribution in [2.75, 3.05) is 0 Å². The summed E-state index contributed by atoms with van der Waals surface area (Å²) >= 11 is 0. The Morgan fingerprint density at radius 1 is 1.30 bits per heavy atom. The molecule has 1 aliphatic carbocycles. The molecule has 0 aliphatic heterocycles. The van der Waals surface area contributed by atoms with Crippen molar-refractivity contribution in [2.24, 2.45) is 5.92 Å². The molecule has 0 bridgehead atoms. The molecular formula is C8H11O2. The van der Waals surface area contributed by atoms with E-state index in [9.17, 15) is 0 Å². The van der Waals surface area contributed by atoms with Gasteiger partial charge in [0, 0.05) is 0 Å². The molecule has 10 heavy (non-hydrogen) atoms. The summed E-state index contributed by atoms with van der Waals surface area (Å²) in [5, 5.41) is 17.9. The Morgan fingerprint density at radius 3 is 2.20 bits per heavy atom. The van der Waals surface area contributed by atoms with Crippen LogP contribution in [0, 0.1) is 12.8 Å². The van der Waals surface area contributed by atoms with Gasteiger partial charge in [0.15, 0.2) is 0 Å². The highest BCUT2D eigenvalue weighted by Gasteiger charge is 2.18. The summed E-state index contributed by atoms with van der Waals surface area (Å²) in [4.78, 5) is 0. The Hall–Kier alpha value is -0.600. The van der Waals surface area contributed by atoms with Crippen LogP contribution in [0.1, 0.15) is 6.42 Å². The SMILES string of the molecule is [CH2]CC1C=CC(O)(O)C=C1. The van der Waals surface area contributed by atoms with Crippen LogP contribution in [0.5, 0.6) is 0 Å². The Morgan fingerprint density at radius 2 is 1.80 bits per heavy atom. The van der Waals surface area contributed by atoms with E-state index in [1.165, 1.54) is 12.2 Å². The first-order valence-electron chi connectivity index (χ1n) is 3.27. The lowest BCUT2D eigenvalue weighted by molar-refractivity contribution is -0.0758. The van der Waals surface area contributed by atoms with E-state index in [0.29, 0.717) is 0 Å². The van der Waals surface area contributed by atoms with E-state index in [-0.39, 0.29) is 5.92 Å². The fourth-order valence-corrected chi connectivity index (χ4v) is 0.843. The summed E-state index contributed by atoms with van der Waals surface area (Å²) in [6, 6.07) is 0. The zero-order valence-corrected chi connectivity index (χ0v) is 5.70. The third-order valence-corrected chi connectivity index (χ3v) is 1.51. The maximum absolute atomic E-state index is 8.95. The van der Waals surface area contributed by atoms with E-state index in [0.717, 1.165) is 6.42 Å².